The van der Waals surface area contributed by atoms with E-state index in [0.717, 1.165) is 51.4 Å². The SMILES string of the molecule is CCCCC/C=C\C/C=C\CCCCCCCCCC(=O)OCCCCCCCCCCCCCC/C=C\CCCCCCCCCCCCCCCCCC(=O)NC(CO)C(O)CCCCCCCCCCCCCCCCCCCCCCCCCCC. The zero-order chi connectivity index (χ0) is 64.9. The molecule has 0 aromatic rings. The summed E-state index contributed by atoms with van der Waals surface area (Å²) in [6.07, 6.45) is 104. The van der Waals surface area contributed by atoms with Gasteiger partial charge < -0.3 is 20.3 Å². The van der Waals surface area contributed by atoms with E-state index in [1.54, 1.807) is 0 Å². The van der Waals surface area contributed by atoms with Crippen LogP contribution in [0.4, 0.5) is 0 Å². The summed E-state index contributed by atoms with van der Waals surface area (Å²) in [4.78, 5) is 24.7. The molecular weight excluding hydrogens is 1100 g/mol. The molecule has 0 aromatic heterocycles. The number of rotatable bonds is 78. The number of nitrogens with one attached hydrogen (secondary N) is 1. The zero-order valence-corrected chi connectivity index (χ0v) is 61.1. The van der Waals surface area contributed by atoms with Crippen LogP contribution in [0.5, 0.6) is 0 Å². The van der Waals surface area contributed by atoms with Crippen LogP contribution in [0.3, 0.4) is 0 Å². The number of carbonyl (C=O) groups excluding carboxylic acids is 2. The number of aliphatic hydroxyl groups is 2. The van der Waals surface area contributed by atoms with Gasteiger partial charge in [-0.3, -0.25) is 9.59 Å². The number of amides is 1. The molecule has 0 spiro atoms. The molecule has 0 saturated heterocycles. The average molecular weight is 1270 g/mol. The predicted molar refractivity (Wildman–Crippen MR) is 398 cm³/mol. The van der Waals surface area contributed by atoms with Gasteiger partial charge in [0.15, 0.2) is 0 Å². The second kappa shape index (κ2) is 79.5. The van der Waals surface area contributed by atoms with Crippen molar-refractivity contribution in [2.75, 3.05) is 13.2 Å². The minimum Gasteiger partial charge on any atom is -0.466 e. The van der Waals surface area contributed by atoms with Gasteiger partial charge in [0, 0.05) is 12.8 Å². The van der Waals surface area contributed by atoms with E-state index in [1.807, 2.05) is 0 Å². The molecule has 0 aliphatic heterocycles. The van der Waals surface area contributed by atoms with Crippen molar-refractivity contribution in [3.8, 4) is 0 Å². The monoisotopic (exact) mass is 1260 g/mol. The van der Waals surface area contributed by atoms with Crippen molar-refractivity contribution >= 4 is 11.9 Å². The van der Waals surface area contributed by atoms with E-state index in [4.69, 9.17) is 4.74 Å². The van der Waals surface area contributed by atoms with E-state index in [0.29, 0.717) is 25.9 Å². The van der Waals surface area contributed by atoms with Gasteiger partial charge >= 0.3 is 5.97 Å². The summed E-state index contributed by atoms with van der Waals surface area (Å²) in [7, 11) is 0. The largest absolute Gasteiger partial charge is 0.466 e. The first-order chi connectivity index (χ1) is 44.5. The second-order valence-electron chi connectivity index (χ2n) is 28.5. The van der Waals surface area contributed by atoms with Crippen molar-refractivity contribution in [1.29, 1.82) is 0 Å². The third-order valence-corrected chi connectivity index (χ3v) is 19.4. The molecule has 0 aliphatic rings. The first-order valence-corrected chi connectivity index (χ1v) is 41.2. The molecule has 2 unspecified atom stereocenters. The Morgan fingerprint density at radius 3 is 0.878 bits per heavy atom. The first-order valence-electron chi connectivity index (χ1n) is 41.2. The van der Waals surface area contributed by atoms with Crippen LogP contribution in [-0.2, 0) is 14.3 Å². The lowest BCUT2D eigenvalue weighted by molar-refractivity contribution is -0.143. The molecule has 6 nitrogen and oxygen atoms in total. The summed E-state index contributed by atoms with van der Waals surface area (Å²) in [5.41, 5.74) is 0. The van der Waals surface area contributed by atoms with E-state index < -0.39 is 12.1 Å². The number of carbonyl (C=O) groups is 2. The maximum Gasteiger partial charge on any atom is 0.305 e. The minimum absolute atomic E-state index is 0.0108. The molecule has 0 aliphatic carbocycles. The van der Waals surface area contributed by atoms with Gasteiger partial charge in [0.05, 0.1) is 25.4 Å². The maximum absolute atomic E-state index is 12.6. The number of allylic oxidation sites excluding steroid dienone is 6. The molecule has 2 atom stereocenters. The van der Waals surface area contributed by atoms with E-state index in [2.05, 4.69) is 55.6 Å². The topological polar surface area (TPSA) is 95.9 Å². The Balaban J connectivity index is 3.36. The number of aliphatic hydroxyl groups excluding tert-OH is 2. The molecular formula is C84H161NO5. The first kappa shape index (κ1) is 88.1. The summed E-state index contributed by atoms with van der Waals surface area (Å²) in [5.74, 6) is -0.0163. The number of hydrogen-bond acceptors (Lipinski definition) is 5. The lowest BCUT2D eigenvalue weighted by Gasteiger charge is -2.22. The fourth-order valence-electron chi connectivity index (χ4n) is 13.1. The lowest BCUT2D eigenvalue weighted by Crippen LogP contribution is -2.45. The van der Waals surface area contributed by atoms with Crippen molar-refractivity contribution < 1.29 is 24.5 Å². The van der Waals surface area contributed by atoms with Crippen molar-refractivity contribution in [3.05, 3.63) is 36.5 Å². The second-order valence-corrected chi connectivity index (χ2v) is 28.5. The van der Waals surface area contributed by atoms with Crippen LogP contribution in [0.2, 0.25) is 0 Å². The fourth-order valence-corrected chi connectivity index (χ4v) is 13.1. The lowest BCUT2D eigenvalue weighted by atomic mass is 10.0. The van der Waals surface area contributed by atoms with Gasteiger partial charge in [-0.05, 0) is 83.5 Å². The van der Waals surface area contributed by atoms with Crippen molar-refractivity contribution in [2.45, 2.75) is 475 Å². The zero-order valence-electron chi connectivity index (χ0n) is 61.1. The third kappa shape index (κ3) is 75.1. The summed E-state index contributed by atoms with van der Waals surface area (Å²) >= 11 is 0. The molecule has 0 radical (unpaired) electrons. The molecule has 0 aromatic carbocycles. The molecule has 90 heavy (non-hydrogen) atoms. The summed E-state index contributed by atoms with van der Waals surface area (Å²) in [6, 6.07) is -0.542. The normalized spacial score (nSPS) is 12.6. The molecule has 3 N–H and O–H groups in total. The Kier molecular flexibility index (Phi) is 77.8. The van der Waals surface area contributed by atoms with E-state index >= 15 is 0 Å². The van der Waals surface area contributed by atoms with Gasteiger partial charge in [-0.25, -0.2) is 0 Å². The van der Waals surface area contributed by atoms with Gasteiger partial charge in [0.25, 0.3) is 0 Å². The van der Waals surface area contributed by atoms with Crippen LogP contribution in [0.15, 0.2) is 36.5 Å². The smallest absolute Gasteiger partial charge is 0.305 e. The van der Waals surface area contributed by atoms with Gasteiger partial charge in [0.2, 0.25) is 5.91 Å². The Morgan fingerprint density at radius 1 is 0.311 bits per heavy atom. The van der Waals surface area contributed by atoms with Gasteiger partial charge in [-0.1, -0.05) is 403 Å². The predicted octanol–water partition coefficient (Wildman–Crippen LogP) is 27.4. The van der Waals surface area contributed by atoms with Gasteiger partial charge in [-0.2, -0.15) is 0 Å². The van der Waals surface area contributed by atoms with Crippen LogP contribution in [-0.4, -0.2) is 47.4 Å². The Labute approximate surface area is 564 Å². The quantitative estimate of drug-likeness (QED) is 0.0320. The number of hydrogen-bond donors (Lipinski definition) is 3. The Hall–Kier alpha value is -1.92. The number of esters is 1. The summed E-state index contributed by atoms with van der Waals surface area (Å²) < 4.78 is 5.50. The average Bonchev–Trinajstić information content (AvgIpc) is 3.69. The van der Waals surface area contributed by atoms with Crippen molar-refractivity contribution in [3.63, 3.8) is 0 Å². The molecule has 532 valence electrons. The van der Waals surface area contributed by atoms with Crippen LogP contribution in [0.1, 0.15) is 463 Å². The van der Waals surface area contributed by atoms with Crippen LogP contribution in [0.25, 0.3) is 0 Å². The number of unbranched alkanes of at least 4 members (excludes halogenated alkanes) is 61. The minimum atomic E-state index is -0.665. The van der Waals surface area contributed by atoms with E-state index in [1.165, 1.54) is 379 Å². The molecule has 0 bridgehead atoms. The third-order valence-electron chi connectivity index (χ3n) is 19.4. The Morgan fingerprint density at radius 2 is 0.556 bits per heavy atom. The van der Waals surface area contributed by atoms with Gasteiger partial charge in [-0.15, -0.1) is 0 Å². The molecule has 0 heterocycles. The fraction of sp³-hybridized carbons (Fsp3) is 0.905. The molecule has 0 fully saturated rings. The van der Waals surface area contributed by atoms with Crippen molar-refractivity contribution in [2.24, 2.45) is 0 Å². The van der Waals surface area contributed by atoms with Gasteiger partial charge in [0.1, 0.15) is 0 Å². The Bertz CT molecular complexity index is 1460. The molecule has 6 heteroatoms. The highest BCUT2D eigenvalue weighted by molar-refractivity contribution is 5.76. The molecule has 0 saturated carbocycles. The molecule has 0 rings (SSSR count). The highest BCUT2D eigenvalue weighted by Gasteiger charge is 2.20. The van der Waals surface area contributed by atoms with Crippen LogP contribution in [0, 0.1) is 0 Å². The molecule has 1 amide bonds. The van der Waals surface area contributed by atoms with E-state index in [9.17, 15) is 19.8 Å². The summed E-state index contributed by atoms with van der Waals surface area (Å²) in [5, 5.41) is 23.5. The standard InChI is InChI=1S/C84H161NO5/c1-3-5-7-9-11-13-15-17-19-21-22-23-24-32-35-38-41-45-48-52-56-60-64-68-72-76-82(87)81(80-86)85-83(88)77-73-69-65-61-57-53-49-46-42-39-36-33-30-28-26-25-27-29-31-34-37-40-43-47-51-55-59-63-67-71-75-79-90-84(89)78-74-70-66-62-58-54-50-44-20-18-16-14-12-10-8-6-4-2/h12,14,18,20,27,29,81-82,86-87H,3-11,13,15-17,19,21-26,28,30-80H2,1-2H3,(H,85,88)/b14-12-,20-18-,29-27-. The van der Waals surface area contributed by atoms with Crippen LogP contribution >= 0.6 is 0 Å². The van der Waals surface area contributed by atoms with E-state index in [-0.39, 0.29) is 18.5 Å². The summed E-state index contributed by atoms with van der Waals surface area (Å²) in [6.45, 7) is 4.98. The van der Waals surface area contributed by atoms with Crippen LogP contribution < -0.4 is 5.32 Å². The highest BCUT2D eigenvalue weighted by atomic mass is 16.5. The highest BCUT2D eigenvalue weighted by Crippen LogP contribution is 2.20. The number of ether oxygens (including phenoxy) is 1. The maximum atomic E-state index is 12.6. The van der Waals surface area contributed by atoms with Crippen molar-refractivity contribution in [1.82, 2.24) is 5.32 Å².